The molecule has 0 heterocycles. The lowest BCUT2D eigenvalue weighted by molar-refractivity contribution is -0.120. The van der Waals surface area contributed by atoms with Crippen molar-refractivity contribution in [3.05, 3.63) is 54.1 Å². The lowest BCUT2D eigenvalue weighted by Crippen LogP contribution is -2.33. The van der Waals surface area contributed by atoms with Crippen LogP contribution >= 0.6 is 11.8 Å². The third-order valence-electron chi connectivity index (χ3n) is 3.43. The summed E-state index contributed by atoms with van der Waals surface area (Å²) in [6.45, 7) is 4.87. The van der Waals surface area contributed by atoms with Gasteiger partial charge in [-0.3, -0.25) is 4.79 Å². The number of amides is 1. The third kappa shape index (κ3) is 5.81. The Balaban J connectivity index is 1.70. The average Bonchev–Trinajstić information content (AvgIpc) is 2.60. The maximum absolute atomic E-state index is 12.1. The Morgan fingerprint density at radius 1 is 1.08 bits per heavy atom. The van der Waals surface area contributed by atoms with Crippen molar-refractivity contribution in [2.75, 3.05) is 20.3 Å². The fraction of sp³-hybridized carbons (Fsp3) is 0.316. The molecule has 4 nitrogen and oxygen atoms in total. The summed E-state index contributed by atoms with van der Waals surface area (Å²) in [6, 6.07) is 15.5. The van der Waals surface area contributed by atoms with E-state index in [1.165, 1.54) is 17.3 Å². The highest BCUT2D eigenvalue weighted by Crippen LogP contribution is 2.25. The van der Waals surface area contributed by atoms with E-state index in [0.717, 1.165) is 16.4 Å². The van der Waals surface area contributed by atoms with Crippen LogP contribution in [0.3, 0.4) is 0 Å². The minimum absolute atomic E-state index is 0.00308. The number of nitrogens with one attached hydrogen (secondary N) is 1. The minimum atomic E-state index is -0.169. The molecule has 2 aromatic carbocycles. The van der Waals surface area contributed by atoms with E-state index in [9.17, 15) is 4.79 Å². The zero-order chi connectivity index (χ0) is 17.4. The van der Waals surface area contributed by atoms with Crippen molar-refractivity contribution in [3.8, 4) is 11.5 Å². The van der Waals surface area contributed by atoms with Gasteiger partial charge in [0.05, 0.1) is 18.9 Å². The maximum Gasteiger partial charge on any atom is 0.233 e. The monoisotopic (exact) mass is 345 g/mol. The normalized spacial score (nSPS) is 11.6. The summed E-state index contributed by atoms with van der Waals surface area (Å²) in [7, 11) is 1.64. The van der Waals surface area contributed by atoms with Gasteiger partial charge in [0.15, 0.2) is 0 Å². The van der Waals surface area contributed by atoms with Crippen molar-refractivity contribution in [1.29, 1.82) is 0 Å². The summed E-state index contributed by atoms with van der Waals surface area (Å²) in [6.07, 6.45) is 0. The first-order chi connectivity index (χ1) is 11.6. The quantitative estimate of drug-likeness (QED) is 0.586. The predicted molar refractivity (Wildman–Crippen MR) is 98.0 cm³/mol. The lowest BCUT2D eigenvalue weighted by atomic mass is 10.2. The second-order valence-corrected chi connectivity index (χ2v) is 6.80. The van der Waals surface area contributed by atoms with E-state index in [-0.39, 0.29) is 11.2 Å². The average molecular weight is 345 g/mol. The number of aryl methyl sites for hydroxylation is 1. The Morgan fingerprint density at radius 3 is 2.33 bits per heavy atom. The molecule has 0 aliphatic rings. The summed E-state index contributed by atoms with van der Waals surface area (Å²) in [5.41, 5.74) is 1.19. The molecule has 2 aromatic rings. The first-order valence-electron chi connectivity index (χ1n) is 7.86. The number of carbonyl (C=O) groups excluding carboxylic acids is 1. The summed E-state index contributed by atoms with van der Waals surface area (Å²) >= 11 is 1.52. The van der Waals surface area contributed by atoms with Crippen LogP contribution in [0.4, 0.5) is 0 Å². The van der Waals surface area contributed by atoms with E-state index in [1.54, 1.807) is 7.11 Å². The molecular weight excluding hydrogens is 322 g/mol. The molecule has 0 saturated carbocycles. The van der Waals surface area contributed by atoms with Gasteiger partial charge in [-0.25, -0.2) is 0 Å². The zero-order valence-electron chi connectivity index (χ0n) is 14.2. The molecule has 0 bridgehead atoms. The number of hydrogen-bond donors (Lipinski definition) is 1. The third-order valence-corrected chi connectivity index (χ3v) is 4.54. The van der Waals surface area contributed by atoms with Gasteiger partial charge in [-0.05, 0) is 50.2 Å². The van der Waals surface area contributed by atoms with Crippen LogP contribution in [0.5, 0.6) is 11.5 Å². The Morgan fingerprint density at radius 2 is 1.71 bits per heavy atom. The fourth-order valence-corrected chi connectivity index (χ4v) is 2.93. The standard InChI is InChI=1S/C19H23NO3S/c1-14-4-6-17(7-5-14)23-13-12-20-19(21)15(2)24-18-10-8-16(22-3)9-11-18/h4-11,15H,12-13H2,1-3H3,(H,20,21)/t15-/m1/s1. The fourth-order valence-electron chi connectivity index (χ4n) is 2.03. The highest BCUT2D eigenvalue weighted by atomic mass is 32.2. The van der Waals surface area contributed by atoms with Gasteiger partial charge in [0.2, 0.25) is 5.91 Å². The minimum Gasteiger partial charge on any atom is -0.497 e. The molecule has 0 aromatic heterocycles. The van der Waals surface area contributed by atoms with Gasteiger partial charge in [0.1, 0.15) is 18.1 Å². The Labute approximate surface area is 147 Å². The summed E-state index contributed by atoms with van der Waals surface area (Å²) in [4.78, 5) is 13.2. The molecule has 1 amide bonds. The van der Waals surface area contributed by atoms with Gasteiger partial charge >= 0.3 is 0 Å². The molecule has 1 atom stereocenters. The summed E-state index contributed by atoms with van der Waals surface area (Å²) in [5, 5.41) is 2.73. The van der Waals surface area contributed by atoms with Crippen LogP contribution in [0, 0.1) is 6.92 Å². The molecule has 5 heteroatoms. The highest BCUT2D eigenvalue weighted by Gasteiger charge is 2.13. The molecule has 0 aliphatic heterocycles. The molecule has 0 unspecified atom stereocenters. The second kappa shape index (κ2) is 9.23. The van der Waals surface area contributed by atoms with Crippen molar-refractivity contribution >= 4 is 17.7 Å². The van der Waals surface area contributed by atoms with Gasteiger partial charge in [0, 0.05) is 4.90 Å². The smallest absolute Gasteiger partial charge is 0.233 e. The van der Waals surface area contributed by atoms with Crippen LogP contribution in [-0.2, 0) is 4.79 Å². The van der Waals surface area contributed by atoms with Crippen molar-refractivity contribution in [3.63, 3.8) is 0 Å². The first kappa shape index (κ1) is 18.2. The molecule has 24 heavy (non-hydrogen) atoms. The van der Waals surface area contributed by atoms with E-state index in [0.29, 0.717) is 13.2 Å². The van der Waals surface area contributed by atoms with Crippen LogP contribution in [0.25, 0.3) is 0 Å². The molecule has 2 rings (SSSR count). The van der Waals surface area contributed by atoms with E-state index < -0.39 is 0 Å². The predicted octanol–water partition coefficient (Wildman–Crippen LogP) is 3.68. The Hall–Kier alpha value is -2.14. The molecule has 0 radical (unpaired) electrons. The van der Waals surface area contributed by atoms with Gasteiger partial charge < -0.3 is 14.8 Å². The number of hydrogen-bond acceptors (Lipinski definition) is 4. The van der Waals surface area contributed by atoms with E-state index in [4.69, 9.17) is 9.47 Å². The van der Waals surface area contributed by atoms with Crippen LogP contribution < -0.4 is 14.8 Å². The van der Waals surface area contributed by atoms with Crippen LogP contribution in [0.2, 0.25) is 0 Å². The molecule has 0 aliphatic carbocycles. The molecular formula is C19H23NO3S. The molecule has 128 valence electrons. The number of carbonyl (C=O) groups is 1. The first-order valence-corrected chi connectivity index (χ1v) is 8.74. The number of ether oxygens (including phenoxy) is 2. The van der Waals surface area contributed by atoms with Gasteiger partial charge in [0.25, 0.3) is 0 Å². The molecule has 1 N–H and O–H groups in total. The van der Waals surface area contributed by atoms with Gasteiger partial charge in [-0.1, -0.05) is 17.7 Å². The number of benzene rings is 2. The van der Waals surface area contributed by atoms with Crippen LogP contribution in [0.15, 0.2) is 53.4 Å². The topological polar surface area (TPSA) is 47.6 Å². The van der Waals surface area contributed by atoms with Crippen molar-refractivity contribution < 1.29 is 14.3 Å². The van der Waals surface area contributed by atoms with E-state index in [2.05, 4.69) is 5.32 Å². The number of methoxy groups -OCH3 is 1. The highest BCUT2D eigenvalue weighted by molar-refractivity contribution is 8.00. The van der Waals surface area contributed by atoms with E-state index in [1.807, 2.05) is 62.4 Å². The molecule has 0 fully saturated rings. The summed E-state index contributed by atoms with van der Waals surface area (Å²) < 4.78 is 10.7. The molecule has 0 saturated heterocycles. The Kier molecular flexibility index (Phi) is 7.00. The number of thioether (sulfide) groups is 1. The van der Waals surface area contributed by atoms with Crippen molar-refractivity contribution in [2.45, 2.75) is 24.0 Å². The molecule has 0 spiro atoms. The van der Waals surface area contributed by atoms with Crippen LogP contribution in [0.1, 0.15) is 12.5 Å². The Bertz CT molecular complexity index is 641. The maximum atomic E-state index is 12.1. The van der Waals surface area contributed by atoms with Gasteiger partial charge in [-0.15, -0.1) is 11.8 Å². The van der Waals surface area contributed by atoms with Gasteiger partial charge in [-0.2, -0.15) is 0 Å². The largest absolute Gasteiger partial charge is 0.497 e. The van der Waals surface area contributed by atoms with E-state index >= 15 is 0 Å². The SMILES string of the molecule is COc1ccc(S[C@H](C)C(=O)NCCOc2ccc(C)cc2)cc1. The lowest BCUT2D eigenvalue weighted by Gasteiger charge is -2.13. The van der Waals surface area contributed by atoms with Crippen LogP contribution in [-0.4, -0.2) is 31.4 Å². The second-order valence-electron chi connectivity index (χ2n) is 5.39. The van der Waals surface area contributed by atoms with Crippen molar-refractivity contribution in [2.24, 2.45) is 0 Å². The summed E-state index contributed by atoms with van der Waals surface area (Å²) in [5.74, 6) is 1.63. The number of rotatable bonds is 8. The zero-order valence-corrected chi connectivity index (χ0v) is 15.1. The van der Waals surface area contributed by atoms with Crippen molar-refractivity contribution in [1.82, 2.24) is 5.32 Å².